The van der Waals surface area contributed by atoms with Gasteiger partial charge in [-0.15, -0.1) is 0 Å². The van der Waals surface area contributed by atoms with Crippen molar-refractivity contribution in [3.05, 3.63) is 0 Å². The molecular formula is C16H36F6NSb. The number of unbranched alkanes of at least 4 members (excludes halogenated alkanes) is 4. The zero-order valence-electron chi connectivity index (χ0n) is 15.6. The Balaban J connectivity index is 0. The first kappa shape index (κ1) is 26.6. The van der Waals surface area contributed by atoms with Gasteiger partial charge in [-0.1, -0.05) is 53.4 Å². The van der Waals surface area contributed by atoms with Crippen molar-refractivity contribution in [1.82, 2.24) is 0 Å². The molecule has 0 amide bonds. The van der Waals surface area contributed by atoms with Crippen LogP contribution in [0, 0.1) is 0 Å². The molecule has 152 valence electrons. The molecule has 0 aromatic heterocycles. The van der Waals surface area contributed by atoms with Crippen LogP contribution in [0.15, 0.2) is 0 Å². The predicted octanol–water partition coefficient (Wildman–Crippen LogP) is 7.14. The van der Waals surface area contributed by atoms with E-state index in [0.29, 0.717) is 0 Å². The standard InChI is InChI=1S/C16H36N.6FH.Sb/c1-5-9-13-17(14-10-6-2,15-11-7-3)16-12-8-4;;;;;;;/h5-16H2,1-4H3;6*1H;/q+1;;;;;;;+5/p-6. The predicted molar refractivity (Wildman–Crippen MR) is 91.8 cm³/mol. The summed E-state index contributed by atoms with van der Waals surface area (Å²) in [7, 11) is 0. The molecule has 24 heavy (non-hydrogen) atoms. The van der Waals surface area contributed by atoms with E-state index < -0.39 is 19.5 Å². The molecule has 0 saturated heterocycles. The molecule has 0 bridgehead atoms. The molecule has 0 fully saturated rings. The second kappa shape index (κ2) is 10.5. The summed E-state index contributed by atoms with van der Waals surface area (Å²) in [6.07, 6.45) is 11.1. The van der Waals surface area contributed by atoms with E-state index in [2.05, 4.69) is 27.7 Å². The molecule has 1 nitrogen and oxygen atoms in total. The molecule has 0 rings (SSSR count). The van der Waals surface area contributed by atoms with Crippen LogP contribution in [0.5, 0.6) is 0 Å². The van der Waals surface area contributed by atoms with Crippen LogP contribution < -0.4 is 0 Å². The fourth-order valence-corrected chi connectivity index (χ4v) is 2.64. The van der Waals surface area contributed by atoms with Gasteiger partial charge in [0.2, 0.25) is 0 Å². The molecule has 0 aliphatic rings. The number of hydrogen-bond donors (Lipinski definition) is 0. The van der Waals surface area contributed by atoms with Crippen molar-refractivity contribution < 1.29 is 21.4 Å². The van der Waals surface area contributed by atoms with Gasteiger partial charge in [-0.3, -0.25) is 0 Å². The number of nitrogens with zero attached hydrogens (tertiary/aromatic N) is 1. The van der Waals surface area contributed by atoms with Crippen LogP contribution >= 0.6 is 0 Å². The van der Waals surface area contributed by atoms with Gasteiger partial charge in [0.25, 0.3) is 0 Å². The van der Waals surface area contributed by atoms with Gasteiger partial charge in [-0.2, -0.15) is 0 Å². The van der Waals surface area contributed by atoms with Gasteiger partial charge < -0.3 is 4.48 Å². The average Bonchev–Trinajstić information content (AvgIpc) is 2.42. The zero-order valence-corrected chi connectivity index (χ0v) is 18.2. The van der Waals surface area contributed by atoms with E-state index in [0.717, 1.165) is 0 Å². The molecule has 0 atom stereocenters. The number of hydrogen-bond acceptors (Lipinski definition) is 0. The Morgan fingerprint density at radius 1 is 0.500 bits per heavy atom. The van der Waals surface area contributed by atoms with Crippen LogP contribution in [0.2, 0.25) is 0 Å². The molecule has 0 aromatic rings. The molecule has 0 aromatic carbocycles. The summed E-state index contributed by atoms with van der Waals surface area (Å²) in [6, 6.07) is 0. The van der Waals surface area contributed by atoms with Crippen LogP contribution in [0.3, 0.4) is 0 Å². The second-order valence-electron chi connectivity index (χ2n) is 6.61. The Labute approximate surface area is 146 Å². The van der Waals surface area contributed by atoms with E-state index in [1.54, 1.807) is 0 Å². The Morgan fingerprint density at radius 3 is 0.792 bits per heavy atom. The third-order valence-electron chi connectivity index (χ3n) is 3.94. The summed E-state index contributed by atoms with van der Waals surface area (Å²) < 4.78 is 61.0. The van der Waals surface area contributed by atoms with Gasteiger partial charge in [0.05, 0.1) is 26.2 Å². The van der Waals surface area contributed by atoms with Crippen molar-refractivity contribution in [2.45, 2.75) is 79.1 Å². The van der Waals surface area contributed by atoms with Crippen molar-refractivity contribution in [2.75, 3.05) is 26.2 Å². The number of quaternary nitrogens is 1. The molecule has 0 spiro atoms. The monoisotopic (exact) mass is 477 g/mol. The van der Waals surface area contributed by atoms with E-state index in [9.17, 15) is 16.9 Å². The van der Waals surface area contributed by atoms with E-state index in [-0.39, 0.29) is 0 Å². The van der Waals surface area contributed by atoms with Gasteiger partial charge in [-0.05, 0) is 25.7 Å². The van der Waals surface area contributed by atoms with Crippen molar-refractivity contribution in [3.8, 4) is 0 Å². The second-order valence-corrected chi connectivity index (χ2v) is 12.1. The van der Waals surface area contributed by atoms with E-state index in [1.807, 2.05) is 0 Å². The van der Waals surface area contributed by atoms with E-state index in [1.165, 1.54) is 82.0 Å². The molecule has 0 unspecified atom stereocenters. The average molecular weight is 478 g/mol. The van der Waals surface area contributed by atoms with Crippen LogP contribution in [0.1, 0.15) is 79.1 Å². The molecule has 0 heterocycles. The van der Waals surface area contributed by atoms with Gasteiger partial charge in [-0.25, -0.2) is 0 Å². The molecule has 0 N–H and O–H groups in total. The third-order valence-corrected chi connectivity index (χ3v) is 3.94. The maximum absolute atomic E-state index is 11.2. The molecule has 8 heteroatoms. The van der Waals surface area contributed by atoms with E-state index in [4.69, 9.17) is 0 Å². The maximum atomic E-state index is 9.93. The zero-order chi connectivity index (χ0) is 19.4. The fraction of sp³-hybridized carbons (Fsp3) is 1.00. The summed E-state index contributed by atoms with van der Waals surface area (Å²) in [5, 5.41) is 0. The Bertz CT molecular complexity index is 265. The topological polar surface area (TPSA) is 0 Å². The van der Waals surface area contributed by atoms with Crippen LogP contribution in [0.25, 0.3) is 0 Å². The first-order valence-electron chi connectivity index (χ1n) is 9.11. The SMILES string of the molecule is CCCC[N+](CCCC)(CCCC)CCCC.[F][Sb-]([F])([F])([F])([F])[F]. The number of rotatable bonds is 12. The molecular weight excluding hydrogens is 442 g/mol. The minimum atomic E-state index is -11.2. The number of halogens is 6. The van der Waals surface area contributed by atoms with Crippen molar-refractivity contribution in [2.24, 2.45) is 0 Å². The third kappa shape index (κ3) is 24.6. The van der Waals surface area contributed by atoms with Crippen molar-refractivity contribution >= 4 is 19.5 Å². The summed E-state index contributed by atoms with van der Waals surface area (Å²) in [5.74, 6) is 0. The van der Waals surface area contributed by atoms with Gasteiger partial charge in [0, 0.05) is 0 Å². The minimum absolute atomic E-state index is 1.35. The Hall–Kier alpha value is 0.358. The van der Waals surface area contributed by atoms with Crippen molar-refractivity contribution in [1.29, 1.82) is 0 Å². The van der Waals surface area contributed by atoms with Gasteiger partial charge in [0.15, 0.2) is 0 Å². The Kier molecular flexibility index (Phi) is 11.6. The summed E-state index contributed by atoms with van der Waals surface area (Å²) in [5.41, 5.74) is 0. The van der Waals surface area contributed by atoms with Gasteiger partial charge >= 0.3 is 36.4 Å². The van der Waals surface area contributed by atoms with Crippen LogP contribution in [-0.4, -0.2) is 50.1 Å². The van der Waals surface area contributed by atoms with Crippen molar-refractivity contribution in [3.63, 3.8) is 0 Å². The summed E-state index contributed by atoms with van der Waals surface area (Å²) >= 11 is -11.2. The first-order chi connectivity index (χ1) is 10.7. The quantitative estimate of drug-likeness (QED) is 0.159. The van der Waals surface area contributed by atoms with Crippen LogP contribution in [0.4, 0.5) is 16.9 Å². The molecule has 0 radical (unpaired) electrons. The fourth-order valence-electron chi connectivity index (χ4n) is 2.64. The normalized spacial score (nSPS) is 15.2. The summed E-state index contributed by atoms with van der Waals surface area (Å²) in [6.45, 7) is 15.0. The Morgan fingerprint density at radius 2 is 0.667 bits per heavy atom. The van der Waals surface area contributed by atoms with Crippen LogP contribution in [-0.2, 0) is 0 Å². The molecule has 0 aliphatic heterocycles. The van der Waals surface area contributed by atoms with Gasteiger partial charge in [0.1, 0.15) is 0 Å². The summed E-state index contributed by atoms with van der Waals surface area (Å²) in [4.78, 5) is 0. The van der Waals surface area contributed by atoms with E-state index >= 15 is 0 Å². The molecule has 0 saturated carbocycles. The molecule has 0 aliphatic carbocycles. The first-order valence-corrected chi connectivity index (χ1v) is 14.9.